The van der Waals surface area contributed by atoms with E-state index in [0.717, 1.165) is 12.5 Å². The summed E-state index contributed by atoms with van der Waals surface area (Å²) in [5, 5.41) is 3.85. The van der Waals surface area contributed by atoms with Gasteiger partial charge >= 0.3 is 0 Å². The monoisotopic (exact) mass is 293 g/mol. The summed E-state index contributed by atoms with van der Waals surface area (Å²) >= 11 is 1.96. The molecule has 2 heteroatoms. The highest BCUT2D eigenvalue weighted by Crippen LogP contribution is 2.52. The fraction of sp³-hybridized carbons (Fsp3) is 0.778. The summed E-state index contributed by atoms with van der Waals surface area (Å²) < 4.78 is 0. The minimum atomic E-state index is 0.489. The maximum absolute atomic E-state index is 3.85. The summed E-state index contributed by atoms with van der Waals surface area (Å²) in [7, 11) is 0. The molecule has 1 aromatic rings. The molecule has 1 atom stereocenters. The third-order valence-electron chi connectivity index (χ3n) is 4.83. The van der Waals surface area contributed by atoms with Gasteiger partial charge < -0.3 is 5.32 Å². The number of nitrogens with one attached hydrogen (secondary N) is 1. The Morgan fingerprint density at radius 1 is 1.25 bits per heavy atom. The maximum atomic E-state index is 3.85. The first kappa shape index (κ1) is 16.0. The van der Waals surface area contributed by atoms with Crippen molar-refractivity contribution in [3.8, 4) is 0 Å². The molecule has 1 aromatic heterocycles. The van der Waals surface area contributed by atoms with Gasteiger partial charge in [0.1, 0.15) is 0 Å². The molecule has 0 amide bonds. The molecule has 0 radical (unpaired) electrons. The first-order valence-corrected chi connectivity index (χ1v) is 9.10. The smallest absolute Gasteiger partial charge is 0.0388 e. The van der Waals surface area contributed by atoms with E-state index in [4.69, 9.17) is 0 Å². The van der Waals surface area contributed by atoms with E-state index in [1.165, 1.54) is 41.9 Å². The van der Waals surface area contributed by atoms with E-state index in [-0.39, 0.29) is 0 Å². The second-order valence-corrected chi connectivity index (χ2v) is 8.49. The van der Waals surface area contributed by atoms with Gasteiger partial charge in [-0.25, -0.2) is 0 Å². The highest BCUT2D eigenvalue weighted by Gasteiger charge is 2.42. The summed E-state index contributed by atoms with van der Waals surface area (Å²) in [4.78, 5) is 2.97. The number of hydrogen-bond acceptors (Lipinski definition) is 2. The lowest BCUT2D eigenvalue weighted by Crippen LogP contribution is -2.37. The molecule has 0 saturated heterocycles. The van der Waals surface area contributed by atoms with E-state index >= 15 is 0 Å². The molecule has 0 spiro atoms. The van der Waals surface area contributed by atoms with Gasteiger partial charge in [-0.2, -0.15) is 0 Å². The standard InChI is InChI=1S/C18H31NS/c1-6-19-17(16-11-14(4)20-15(16)5)18(12-13(2)3)9-7-8-10-18/h11,13,17,19H,6-10,12H2,1-5H3. The molecule has 1 aliphatic rings. The van der Waals surface area contributed by atoms with Gasteiger partial charge in [0.2, 0.25) is 0 Å². The highest BCUT2D eigenvalue weighted by molar-refractivity contribution is 7.12. The van der Waals surface area contributed by atoms with Crippen LogP contribution in [0, 0.1) is 25.2 Å². The van der Waals surface area contributed by atoms with Gasteiger partial charge in [-0.1, -0.05) is 33.6 Å². The number of thiophene rings is 1. The fourth-order valence-corrected chi connectivity index (χ4v) is 5.26. The average molecular weight is 294 g/mol. The van der Waals surface area contributed by atoms with Crippen molar-refractivity contribution in [3.63, 3.8) is 0 Å². The van der Waals surface area contributed by atoms with E-state index in [2.05, 4.69) is 46.0 Å². The molecule has 114 valence electrons. The molecule has 1 N–H and O–H groups in total. The summed E-state index contributed by atoms with van der Waals surface area (Å²) in [5.74, 6) is 0.786. The van der Waals surface area contributed by atoms with Crippen LogP contribution in [0.3, 0.4) is 0 Å². The van der Waals surface area contributed by atoms with E-state index < -0.39 is 0 Å². The van der Waals surface area contributed by atoms with Crippen LogP contribution >= 0.6 is 11.3 Å². The molecule has 1 heterocycles. The Morgan fingerprint density at radius 2 is 1.90 bits per heavy atom. The van der Waals surface area contributed by atoms with Crippen molar-refractivity contribution in [1.82, 2.24) is 5.32 Å². The molecule has 1 aliphatic carbocycles. The van der Waals surface area contributed by atoms with E-state index in [9.17, 15) is 0 Å². The van der Waals surface area contributed by atoms with Gasteiger partial charge in [0, 0.05) is 15.8 Å². The Morgan fingerprint density at radius 3 is 2.35 bits per heavy atom. The van der Waals surface area contributed by atoms with Crippen LogP contribution in [0.1, 0.15) is 74.2 Å². The van der Waals surface area contributed by atoms with Crippen LogP contribution < -0.4 is 5.32 Å². The van der Waals surface area contributed by atoms with Crippen molar-refractivity contribution in [3.05, 3.63) is 21.4 Å². The first-order valence-electron chi connectivity index (χ1n) is 8.29. The number of hydrogen-bond donors (Lipinski definition) is 1. The molecule has 1 nitrogen and oxygen atoms in total. The molecular weight excluding hydrogens is 262 g/mol. The molecule has 20 heavy (non-hydrogen) atoms. The van der Waals surface area contributed by atoms with Crippen molar-refractivity contribution in [1.29, 1.82) is 0 Å². The highest BCUT2D eigenvalue weighted by atomic mass is 32.1. The molecule has 1 unspecified atom stereocenters. The van der Waals surface area contributed by atoms with Crippen LogP contribution in [0.4, 0.5) is 0 Å². The van der Waals surface area contributed by atoms with E-state index in [1.54, 1.807) is 5.56 Å². The van der Waals surface area contributed by atoms with Gasteiger partial charge in [0.25, 0.3) is 0 Å². The number of aryl methyl sites for hydroxylation is 2. The van der Waals surface area contributed by atoms with Crippen LogP contribution in [0.2, 0.25) is 0 Å². The quantitative estimate of drug-likeness (QED) is 0.717. The lowest BCUT2D eigenvalue weighted by molar-refractivity contribution is 0.157. The number of rotatable bonds is 6. The van der Waals surface area contributed by atoms with Crippen molar-refractivity contribution < 1.29 is 0 Å². The van der Waals surface area contributed by atoms with Crippen molar-refractivity contribution in [2.45, 2.75) is 72.8 Å². The molecule has 0 aromatic carbocycles. The predicted molar refractivity (Wildman–Crippen MR) is 90.6 cm³/mol. The lowest BCUT2D eigenvalue weighted by Gasteiger charge is -2.40. The van der Waals surface area contributed by atoms with Crippen LogP contribution in [0.5, 0.6) is 0 Å². The summed E-state index contributed by atoms with van der Waals surface area (Å²) in [6, 6.07) is 3.00. The van der Waals surface area contributed by atoms with Crippen LogP contribution in [-0.2, 0) is 0 Å². The van der Waals surface area contributed by atoms with Crippen molar-refractivity contribution >= 4 is 11.3 Å². The second kappa shape index (κ2) is 6.62. The minimum Gasteiger partial charge on any atom is -0.310 e. The third kappa shape index (κ3) is 3.28. The topological polar surface area (TPSA) is 12.0 Å². The zero-order chi connectivity index (χ0) is 14.8. The van der Waals surface area contributed by atoms with Gasteiger partial charge in [0.15, 0.2) is 0 Å². The Hall–Kier alpha value is -0.340. The van der Waals surface area contributed by atoms with Gasteiger partial charge in [-0.3, -0.25) is 0 Å². The Kier molecular flexibility index (Phi) is 5.30. The average Bonchev–Trinajstić information content (AvgIpc) is 2.93. The molecule has 0 bridgehead atoms. The van der Waals surface area contributed by atoms with Crippen LogP contribution in [0.15, 0.2) is 6.07 Å². The van der Waals surface area contributed by atoms with Crippen LogP contribution in [0.25, 0.3) is 0 Å². The van der Waals surface area contributed by atoms with Gasteiger partial charge in [0.05, 0.1) is 0 Å². The fourth-order valence-electron chi connectivity index (χ4n) is 4.30. The minimum absolute atomic E-state index is 0.489. The molecule has 2 rings (SSSR count). The largest absolute Gasteiger partial charge is 0.310 e. The Bertz CT molecular complexity index is 427. The SMILES string of the molecule is CCNC(c1cc(C)sc1C)C1(CC(C)C)CCCC1. The molecular formula is C18H31NS. The summed E-state index contributed by atoms with van der Waals surface area (Å²) in [6.07, 6.45) is 6.99. The lowest BCUT2D eigenvalue weighted by atomic mass is 9.70. The zero-order valence-electron chi connectivity index (χ0n) is 13.9. The van der Waals surface area contributed by atoms with Gasteiger partial charge in [-0.05, 0) is 62.6 Å². The Balaban J connectivity index is 2.36. The normalized spacial score (nSPS) is 19.7. The summed E-state index contributed by atoms with van der Waals surface area (Å²) in [6.45, 7) is 12.6. The zero-order valence-corrected chi connectivity index (χ0v) is 14.7. The van der Waals surface area contributed by atoms with Crippen molar-refractivity contribution in [2.75, 3.05) is 6.54 Å². The Labute approximate surface area is 129 Å². The third-order valence-corrected chi connectivity index (χ3v) is 5.81. The second-order valence-electron chi connectivity index (χ2n) is 7.03. The van der Waals surface area contributed by atoms with Crippen molar-refractivity contribution in [2.24, 2.45) is 11.3 Å². The predicted octanol–water partition coefficient (Wildman–Crippen LogP) is 5.62. The van der Waals surface area contributed by atoms with Crippen LogP contribution in [-0.4, -0.2) is 6.54 Å². The molecule has 0 aliphatic heterocycles. The first-order chi connectivity index (χ1) is 9.48. The summed E-state index contributed by atoms with van der Waals surface area (Å²) in [5.41, 5.74) is 2.07. The van der Waals surface area contributed by atoms with Gasteiger partial charge in [-0.15, -0.1) is 11.3 Å². The molecule has 1 fully saturated rings. The van der Waals surface area contributed by atoms with E-state index in [0.29, 0.717) is 11.5 Å². The van der Waals surface area contributed by atoms with E-state index in [1.807, 2.05) is 11.3 Å². The maximum Gasteiger partial charge on any atom is 0.0388 e. The molecule has 1 saturated carbocycles.